The molecule has 1 saturated heterocycles. The van der Waals surface area contributed by atoms with Gasteiger partial charge >= 0.3 is 0 Å². The van der Waals surface area contributed by atoms with Crippen LogP contribution in [0.4, 0.5) is 0 Å². The van der Waals surface area contributed by atoms with Crippen molar-refractivity contribution in [2.24, 2.45) is 0 Å². The van der Waals surface area contributed by atoms with E-state index in [-0.39, 0.29) is 5.41 Å². The highest BCUT2D eigenvalue weighted by Gasteiger charge is 2.43. The summed E-state index contributed by atoms with van der Waals surface area (Å²) in [4.78, 5) is 0. The van der Waals surface area contributed by atoms with Crippen molar-refractivity contribution in [2.45, 2.75) is 25.7 Å². The highest BCUT2D eigenvalue weighted by atomic mass is 16.5. The van der Waals surface area contributed by atoms with Gasteiger partial charge in [0.1, 0.15) is 11.5 Å². The van der Waals surface area contributed by atoms with E-state index in [1.54, 1.807) is 14.2 Å². The largest absolute Gasteiger partial charge is 0.496 e. The molecule has 1 aliphatic rings. The third kappa shape index (κ3) is 2.04. The van der Waals surface area contributed by atoms with E-state index in [4.69, 9.17) is 19.5 Å². The smallest absolute Gasteiger partial charge is 0.126 e. The molecular formula is C15H19NO3. The molecule has 1 heterocycles. The maximum atomic E-state index is 9.06. The van der Waals surface area contributed by atoms with Crippen molar-refractivity contribution in [1.29, 1.82) is 5.26 Å². The Morgan fingerprint density at radius 1 is 1.26 bits per heavy atom. The summed E-state index contributed by atoms with van der Waals surface area (Å²) in [5.41, 5.74) is 2.88. The quantitative estimate of drug-likeness (QED) is 0.835. The van der Waals surface area contributed by atoms with Crippen LogP contribution in [0.15, 0.2) is 6.07 Å². The fourth-order valence-electron chi connectivity index (χ4n) is 2.58. The zero-order valence-corrected chi connectivity index (χ0v) is 11.9. The average molecular weight is 261 g/mol. The minimum Gasteiger partial charge on any atom is -0.496 e. The summed E-state index contributed by atoms with van der Waals surface area (Å²) < 4.78 is 16.3. The van der Waals surface area contributed by atoms with Crippen molar-refractivity contribution in [1.82, 2.24) is 0 Å². The lowest BCUT2D eigenvalue weighted by molar-refractivity contribution is -0.0587. The fraction of sp³-hybridized carbons (Fsp3) is 0.533. The molecule has 1 aliphatic heterocycles. The standard InChI is InChI=1S/C15H19NO3/c1-10-11(2)14(18-4)12(7-13(10)17-3)15(5-6-16)8-19-9-15/h7H,5,8-9H2,1-4H3. The second-order valence-electron chi connectivity index (χ2n) is 5.02. The van der Waals surface area contributed by atoms with E-state index in [1.165, 1.54) is 0 Å². The number of methoxy groups -OCH3 is 2. The molecule has 0 spiro atoms. The number of benzene rings is 1. The maximum Gasteiger partial charge on any atom is 0.126 e. The molecule has 4 nitrogen and oxygen atoms in total. The number of rotatable bonds is 4. The molecule has 4 heteroatoms. The topological polar surface area (TPSA) is 51.5 Å². The van der Waals surface area contributed by atoms with E-state index in [0.29, 0.717) is 19.6 Å². The predicted molar refractivity (Wildman–Crippen MR) is 71.7 cm³/mol. The highest BCUT2D eigenvalue weighted by Crippen LogP contribution is 2.45. The van der Waals surface area contributed by atoms with Crippen molar-refractivity contribution in [3.05, 3.63) is 22.8 Å². The summed E-state index contributed by atoms with van der Waals surface area (Å²) in [6.07, 6.45) is 0.426. The third-order valence-electron chi connectivity index (χ3n) is 3.96. The van der Waals surface area contributed by atoms with E-state index in [9.17, 15) is 0 Å². The van der Waals surface area contributed by atoms with E-state index in [0.717, 1.165) is 28.2 Å². The number of ether oxygens (including phenoxy) is 3. The van der Waals surface area contributed by atoms with E-state index < -0.39 is 0 Å². The van der Waals surface area contributed by atoms with Crippen LogP contribution in [0.2, 0.25) is 0 Å². The van der Waals surface area contributed by atoms with Gasteiger partial charge in [-0.15, -0.1) is 0 Å². The molecule has 0 N–H and O–H groups in total. The van der Waals surface area contributed by atoms with Crippen LogP contribution in [0.25, 0.3) is 0 Å². The van der Waals surface area contributed by atoms with Crippen LogP contribution in [0, 0.1) is 25.2 Å². The number of nitriles is 1. The minimum atomic E-state index is -0.258. The SMILES string of the molecule is COc1cc(C2(CC#N)COC2)c(OC)c(C)c1C. The van der Waals surface area contributed by atoms with Crippen LogP contribution in [0.3, 0.4) is 0 Å². The van der Waals surface area contributed by atoms with Gasteiger partial charge in [-0.1, -0.05) is 0 Å². The Labute approximate surface area is 113 Å². The fourth-order valence-corrected chi connectivity index (χ4v) is 2.58. The van der Waals surface area contributed by atoms with Gasteiger partial charge in [-0.3, -0.25) is 0 Å². The summed E-state index contributed by atoms with van der Waals surface area (Å²) >= 11 is 0. The Morgan fingerprint density at radius 2 is 1.95 bits per heavy atom. The Bertz CT molecular complexity index is 527. The van der Waals surface area contributed by atoms with Gasteiger partial charge in [0.2, 0.25) is 0 Å². The Kier molecular flexibility index (Phi) is 3.68. The van der Waals surface area contributed by atoms with Crippen molar-refractivity contribution in [3.8, 4) is 17.6 Å². The molecule has 0 unspecified atom stereocenters. The zero-order chi connectivity index (χ0) is 14.0. The van der Waals surface area contributed by atoms with Gasteiger partial charge in [0, 0.05) is 12.0 Å². The van der Waals surface area contributed by atoms with E-state index in [2.05, 4.69) is 6.07 Å². The lowest BCUT2D eigenvalue weighted by atomic mass is 9.74. The van der Waals surface area contributed by atoms with Crippen LogP contribution in [-0.2, 0) is 10.2 Å². The Hall–Kier alpha value is -1.73. The monoisotopic (exact) mass is 261 g/mol. The Balaban J connectivity index is 2.62. The van der Waals surface area contributed by atoms with Crippen molar-refractivity contribution in [3.63, 3.8) is 0 Å². The molecule has 0 aliphatic carbocycles. The molecule has 1 aromatic carbocycles. The first-order valence-corrected chi connectivity index (χ1v) is 6.27. The van der Waals surface area contributed by atoms with Crippen LogP contribution in [-0.4, -0.2) is 27.4 Å². The summed E-state index contributed by atoms with van der Waals surface area (Å²) in [6.45, 7) is 5.14. The van der Waals surface area contributed by atoms with Crippen LogP contribution < -0.4 is 9.47 Å². The van der Waals surface area contributed by atoms with Gasteiger partial charge < -0.3 is 14.2 Å². The normalized spacial score (nSPS) is 16.4. The number of hydrogen-bond donors (Lipinski definition) is 0. The molecule has 19 heavy (non-hydrogen) atoms. The van der Waals surface area contributed by atoms with Crippen molar-refractivity contribution < 1.29 is 14.2 Å². The molecule has 0 amide bonds. The lowest BCUT2D eigenvalue weighted by Crippen LogP contribution is -2.46. The van der Waals surface area contributed by atoms with Gasteiger partial charge in [-0.25, -0.2) is 0 Å². The molecule has 0 atom stereocenters. The summed E-state index contributed by atoms with van der Waals surface area (Å²) in [7, 11) is 3.32. The first kappa shape index (κ1) is 13.7. The first-order valence-electron chi connectivity index (χ1n) is 6.27. The van der Waals surface area contributed by atoms with Crippen LogP contribution >= 0.6 is 0 Å². The molecule has 102 valence electrons. The molecule has 0 saturated carbocycles. The lowest BCUT2D eigenvalue weighted by Gasteiger charge is -2.41. The van der Waals surface area contributed by atoms with Gasteiger partial charge in [-0.2, -0.15) is 5.26 Å². The number of hydrogen-bond acceptors (Lipinski definition) is 4. The summed E-state index contributed by atoms with van der Waals surface area (Å²) in [6, 6.07) is 4.24. The van der Waals surface area contributed by atoms with Crippen LogP contribution in [0.1, 0.15) is 23.1 Å². The zero-order valence-electron chi connectivity index (χ0n) is 11.9. The predicted octanol–water partition coefficient (Wildman–Crippen LogP) is 2.50. The second kappa shape index (κ2) is 5.10. The minimum absolute atomic E-state index is 0.258. The van der Waals surface area contributed by atoms with Crippen molar-refractivity contribution in [2.75, 3.05) is 27.4 Å². The molecule has 0 aromatic heterocycles. The molecule has 0 radical (unpaired) electrons. The first-order chi connectivity index (χ1) is 9.09. The van der Waals surface area contributed by atoms with Gasteiger partial charge in [0.05, 0.1) is 38.9 Å². The molecule has 1 fully saturated rings. The van der Waals surface area contributed by atoms with Crippen molar-refractivity contribution >= 4 is 0 Å². The van der Waals surface area contributed by atoms with Gasteiger partial charge in [0.25, 0.3) is 0 Å². The number of nitrogens with zero attached hydrogens (tertiary/aromatic N) is 1. The van der Waals surface area contributed by atoms with E-state index >= 15 is 0 Å². The average Bonchev–Trinajstić information content (AvgIpc) is 2.37. The molecular weight excluding hydrogens is 242 g/mol. The summed E-state index contributed by atoms with van der Waals surface area (Å²) in [5.74, 6) is 1.68. The molecule has 0 bridgehead atoms. The van der Waals surface area contributed by atoms with E-state index in [1.807, 2.05) is 19.9 Å². The Morgan fingerprint density at radius 3 is 2.37 bits per heavy atom. The van der Waals surface area contributed by atoms with Gasteiger partial charge in [-0.05, 0) is 31.0 Å². The third-order valence-corrected chi connectivity index (χ3v) is 3.96. The second-order valence-corrected chi connectivity index (χ2v) is 5.02. The van der Waals surface area contributed by atoms with Crippen LogP contribution in [0.5, 0.6) is 11.5 Å². The molecule has 1 aromatic rings. The highest BCUT2D eigenvalue weighted by molar-refractivity contribution is 5.56. The summed E-state index contributed by atoms with van der Waals surface area (Å²) in [5, 5.41) is 9.06. The van der Waals surface area contributed by atoms with Gasteiger partial charge in [0.15, 0.2) is 0 Å². The molecule has 2 rings (SSSR count). The maximum absolute atomic E-state index is 9.06.